The van der Waals surface area contributed by atoms with Crippen molar-refractivity contribution in [1.82, 2.24) is 4.90 Å². The number of carbonyl (C=O) groups excluding carboxylic acids is 1. The van der Waals surface area contributed by atoms with Gasteiger partial charge in [-0.2, -0.15) is 0 Å². The van der Waals surface area contributed by atoms with Crippen molar-refractivity contribution in [1.29, 1.82) is 0 Å². The van der Waals surface area contributed by atoms with E-state index in [4.69, 9.17) is 0 Å². The molecule has 0 aromatic heterocycles. The highest BCUT2D eigenvalue weighted by atomic mass is 32.2. The monoisotopic (exact) mass is 251 g/mol. The van der Waals surface area contributed by atoms with Gasteiger partial charge in [-0.15, -0.1) is 11.8 Å². The van der Waals surface area contributed by atoms with Gasteiger partial charge in [0.05, 0.1) is 13.7 Å². The van der Waals surface area contributed by atoms with Crippen molar-refractivity contribution in [3.63, 3.8) is 0 Å². The van der Waals surface area contributed by atoms with Gasteiger partial charge in [0.15, 0.2) is 0 Å². The molecule has 0 bridgehead atoms. The molecule has 0 N–H and O–H groups in total. The van der Waals surface area contributed by atoms with Gasteiger partial charge in [0.25, 0.3) is 0 Å². The minimum atomic E-state index is -0.173. The van der Waals surface area contributed by atoms with Gasteiger partial charge < -0.3 is 4.74 Å². The molecule has 2 rings (SSSR count). The summed E-state index contributed by atoms with van der Waals surface area (Å²) in [5.41, 5.74) is 1.42. The second-order valence-electron chi connectivity index (χ2n) is 4.32. The number of rotatable bonds is 4. The number of nitrogens with zero attached hydrogens (tertiary/aromatic N) is 1. The Balaban J connectivity index is 1.85. The number of methoxy groups -OCH3 is 1. The highest BCUT2D eigenvalue weighted by Gasteiger charge is 2.23. The number of likely N-dealkylation sites (N-methyl/N-ethyl adjacent to an activating group) is 1. The van der Waals surface area contributed by atoms with Crippen LogP contribution in [0.3, 0.4) is 0 Å². The quantitative estimate of drug-likeness (QED) is 0.763. The SMILES string of the molecule is COC(=O)CN(C)CC1Cc2ccccc2S1. The molecular formula is C13H17NO2S. The third-order valence-electron chi connectivity index (χ3n) is 2.86. The van der Waals surface area contributed by atoms with Crippen molar-refractivity contribution in [3.8, 4) is 0 Å². The number of benzene rings is 1. The second kappa shape index (κ2) is 5.56. The summed E-state index contributed by atoms with van der Waals surface area (Å²) in [4.78, 5) is 14.5. The number of esters is 1. The van der Waals surface area contributed by atoms with Gasteiger partial charge in [-0.25, -0.2) is 0 Å². The van der Waals surface area contributed by atoms with Gasteiger partial charge in [0, 0.05) is 16.7 Å². The van der Waals surface area contributed by atoms with Crippen LogP contribution in [0.25, 0.3) is 0 Å². The Morgan fingerprint density at radius 1 is 1.53 bits per heavy atom. The average molecular weight is 251 g/mol. The van der Waals surface area contributed by atoms with Gasteiger partial charge >= 0.3 is 5.97 Å². The first-order valence-corrected chi connectivity index (χ1v) is 6.57. The van der Waals surface area contributed by atoms with E-state index in [-0.39, 0.29) is 5.97 Å². The average Bonchev–Trinajstić information content (AvgIpc) is 2.70. The van der Waals surface area contributed by atoms with Crippen LogP contribution in [0.15, 0.2) is 29.2 Å². The van der Waals surface area contributed by atoms with E-state index in [1.54, 1.807) is 0 Å². The van der Waals surface area contributed by atoms with Crippen LogP contribution in [0.4, 0.5) is 0 Å². The molecule has 17 heavy (non-hydrogen) atoms. The molecule has 1 heterocycles. The molecule has 1 aliphatic rings. The fourth-order valence-corrected chi connectivity index (χ4v) is 3.46. The van der Waals surface area contributed by atoms with Crippen LogP contribution < -0.4 is 0 Å². The first kappa shape index (κ1) is 12.5. The summed E-state index contributed by atoms with van der Waals surface area (Å²) in [5.74, 6) is -0.173. The Morgan fingerprint density at radius 2 is 2.29 bits per heavy atom. The zero-order valence-electron chi connectivity index (χ0n) is 10.2. The van der Waals surface area contributed by atoms with Gasteiger partial charge in [-0.3, -0.25) is 9.69 Å². The Kier molecular flexibility index (Phi) is 4.07. The lowest BCUT2D eigenvalue weighted by Crippen LogP contribution is -2.32. The molecule has 1 atom stereocenters. The smallest absolute Gasteiger partial charge is 0.319 e. The van der Waals surface area contributed by atoms with E-state index >= 15 is 0 Å². The number of thioether (sulfide) groups is 1. The Morgan fingerprint density at radius 3 is 3.00 bits per heavy atom. The van der Waals surface area contributed by atoms with Crippen molar-refractivity contribution in [2.45, 2.75) is 16.6 Å². The molecule has 4 heteroatoms. The molecule has 1 aromatic carbocycles. The largest absolute Gasteiger partial charge is 0.468 e. The van der Waals surface area contributed by atoms with Gasteiger partial charge in [-0.05, 0) is 25.1 Å². The molecule has 3 nitrogen and oxygen atoms in total. The lowest BCUT2D eigenvalue weighted by molar-refractivity contribution is -0.141. The minimum absolute atomic E-state index is 0.173. The Hall–Kier alpha value is -1.00. The number of hydrogen-bond acceptors (Lipinski definition) is 4. The maximum absolute atomic E-state index is 11.1. The van der Waals surface area contributed by atoms with Gasteiger partial charge in [0.1, 0.15) is 0 Å². The number of carbonyl (C=O) groups is 1. The summed E-state index contributed by atoms with van der Waals surface area (Å²) < 4.78 is 4.66. The van der Waals surface area contributed by atoms with Crippen molar-refractivity contribution in [3.05, 3.63) is 29.8 Å². The molecular weight excluding hydrogens is 234 g/mol. The molecule has 0 saturated heterocycles. The van der Waals surface area contributed by atoms with Crippen LogP contribution in [0.1, 0.15) is 5.56 Å². The third-order valence-corrected chi connectivity index (χ3v) is 4.16. The van der Waals surface area contributed by atoms with Crippen LogP contribution in [0.2, 0.25) is 0 Å². The summed E-state index contributed by atoms with van der Waals surface area (Å²) >= 11 is 1.91. The normalized spacial score (nSPS) is 18.2. The summed E-state index contributed by atoms with van der Waals surface area (Å²) in [6.07, 6.45) is 1.09. The fraction of sp³-hybridized carbons (Fsp3) is 0.462. The highest BCUT2D eigenvalue weighted by molar-refractivity contribution is 8.00. The van der Waals surface area contributed by atoms with E-state index in [0.717, 1.165) is 13.0 Å². The zero-order valence-corrected chi connectivity index (χ0v) is 11.0. The van der Waals surface area contributed by atoms with E-state index in [1.165, 1.54) is 17.6 Å². The van der Waals surface area contributed by atoms with Crippen LogP contribution in [-0.2, 0) is 16.0 Å². The van der Waals surface area contributed by atoms with Crippen molar-refractivity contribution >= 4 is 17.7 Å². The molecule has 92 valence electrons. The third kappa shape index (κ3) is 3.23. The lowest BCUT2D eigenvalue weighted by atomic mass is 10.1. The number of fused-ring (bicyclic) bond motifs is 1. The maximum Gasteiger partial charge on any atom is 0.319 e. The summed E-state index contributed by atoms with van der Waals surface area (Å²) in [6.45, 7) is 1.28. The van der Waals surface area contributed by atoms with E-state index in [1.807, 2.05) is 23.7 Å². The summed E-state index contributed by atoms with van der Waals surface area (Å²) in [7, 11) is 3.39. The molecule has 0 amide bonds. The topological polar surface area (TPSA) is 29.5 Å². The van der Waals surface area contributed by atoms with E-state index in [9.17, 15) is 4.79 Å². The van der Waals surface area contributed by atoms with E-state index in [2.05, 4.69) is 29.0 Å². The predicted molar refractivity (Wildman–Crippen MR) is 69.3 cm³/mol. The molecule has 0 fully saturated rings. The van der Waals surface area contributed by atoms with Crippen LogP contribution in [0.5, 0.6) is 0 Å². The minimum Gasteiger partial charge on any atom is -0.468 e. The standard InChI is InChI=1S/C13H17NO2S/c1-14(9-13(15)16-2)8-11-7-10-5-3-4-6-12(10)17-11/h3-6,11H,7-9H2,1-2H3. The highest BCUT2D eigenvalue weighted by Crippen LogP contribution is 2.36. The fourth-order valence-electron chi connectivity index (χ4n) is 2.05. The van der Waals surface area contributed by atoms with Crippen LogP contribution in [-0.4, -0.2) is 43.4 Å². The molecule has 0 aliphatic carbocycles. The number of ether oxygens (including phenoxy) is 1. The molecule has 0 radical (unpaired) electrons. The van der Waals surface area contributed by atoms with Crippen LogP contribution >= 0.6 is 11.8 Å². The predicted octanol–water partition coefficient (Wildman–Crippen LogP) is 1.81. The molecule has 1 unspecified atom stereocenters. The van der Waals surface area contributed by atoms with Crippen molar-refractivity contribution < 1.29 is 9.53 Å². The molecule has 0 saturated carbocycles. The van der Waals surface area contributed by atoms with E-state index < -0.39 is 0 Å². The Labute approximate surface area is 106 Å². The van der Waals surface area contributed by atoms with Gasteiger partial charge in [0.2, 0.25) is 0 Å². The summed E-state index contributed by atoms with van der Waals surface area (Å²) in [6, 6.07) is 8.51. The first-order chi connectivity index (χ1) is 8.19. The Bertz CT molecular complexity index is 383. The molecule has 1 aliphatic heterocycles. The lowest BCUT2D eigenvalue weighted by Gasteiger charge is -2.18. The maximum atomic E-state index is 11.1. The van der Waals surface area contributed by atoms with Gasteiger partial charge in [-0.1, -0.05) is 18.2 Å². The van der Waals surface area contributed by atoms with Crippen molar-refractivity contribution in [2.24, 2.45) is 0 Å². The second-order valence-corrected chi connectivity index (χ2v) is 5.67. The zero-order chi connectivity index (χ0) is 12.3. The van der Waals surface area contributed by atoms with Crippen molar-refractivity contribution in [2.75, 3.05) is 27.2 Å². The van der Waals surface area contributed by atoms with Crippen LogP contribution in [0, 0.1) is 0 Å². The molecule has 1 aromatic rings. The van der Waals surface area contributed by atoms with E-state index in [0.29, 0.717) is 11.8 Å². The molecule has 0 spiro atoms. The number of hydrogen-bond donors (Lipinski definition) is 0. The first-order valence-electron chi connectivity index (χ1n) is 5.69. The summed E-state index contributed by atoms with van der Waals surface area (Å²) in [5, 5.41) is 0.544.